The van der Waals surface area contributed by atoms with Crippen molar-refractivity contribution in [3.05, 3.63) is 42.6 Å². The Morgan fingerprint density at radius 2 is 1.81 bits per heavy atom. The van der Waals surface area contributed by atoms with Gasteiger partial charge in [0.15, 0.2) is 0 Å². The molecule has 1 N–H and O–H groups in total. The molecule has 0 atom stereocenters. The number of benzene rings is 1. The van der Waals surface area contributed by atoms with Gasteiger partial charge in [0.2, 0.25) is 5.95 Å². The lowest BCUT2D eigenvalue weighted by molar-refractivity contribution is 0.405. The van der Waals surface area contributed by atoms with Gasteiger partial charge in [0.05, 0.1) is 0 Å². The predicted molar refractivity (Wildman–Crippen MR) is 88.2 cm³/mol. The number of anilines is 3. The van der Waals surface area contributed by atoms with Gasteiger partial charge >= 0.3 is 0 Å². The number of hydrogen-bond acceptors (Lipinski definition) is 5. The van der Waals surface area contributed by atoms with Gasteiger partial charge in [-0.15, -0.1) is 0 Å². The first-order chi connectivity index (χ1) is 10.2. The van der Waals surface area contributed by atoms with E-state index in [1.165, 1.54) is 0 Å². The summed E-state index contributed by atoms with van der Waals surface area (Å²) in [5, 5.41) is 3.34. The molecule has 2 rings (SSSR count). The van der Waals surface area contributed by atoms with Crippen LogP contribution in [-0.4, -0.2) is 49.1 Å². The number of hydrogen-bond donors (Lipinski definition) is 1. The molecule has 21 heavy (non-hydrogen) atoms. The summed E-state index contributed by atoms with van der Waals surface area (Å²) in [4.78, 5) is 13.0. The number of rotatable bonds is 7. The topological polar surface area (TPSA) is 44.3 Å². The van der Waals surface area contributed by atoms with Crippen molar-refractivity contribution in [2.45, 2.75) is 6.42 Å². The molecule has 0 fully saturated rings. The third-order valence-electron chi connectivity index (χ3n) is 3.17. The van der Waals surface area contributed by atoms with Crippen molar-refractivity contribution in [3.8, 4) is 0 Å². The number of aromatic nitrogens is 2. The molecule has 5 nitrogen and oxygen atoms in total. The first-order valence-electron chi connectivity index (χ1n) is 7.17. The number of nitrogens with one attached hydrogen (secondary N) is 1. The number of para-hydroxylation sites is 1. The van der Waals surface area contributed by atoms with Gasteiger partial charge in [-0.05, 0) is 45.3 Å². The first-order valence-corrected chi connectivity index (χ1v) is 7.17. The van der Waals surface area contributed by atoms with Crippen LogP contribution in [0.15, 0.2) is 42.6 Å². The Bertz CT molecular complexity index is 541. The lowest BCUT2D eigenvalue weighted by Gasteiger charge is -2.17. The molecule has 1 aromatic carbocycles. The van der Waals surface area contributed by atoms with Crippen molar-refractivity contribution in [2.75, 3.05) is 44.4 Å². The highest BCUT2D eigenvalue weighted by Gasteiger charge is 2.07. The Morgan fingerprint density at radius 3 is 2.52 bits per heavy atom. The molecular weight excluding hydrogens is 262 g/mol. The molecule has 0 bridgehead atoms. The monoisotopic (exact) mass is 285 g/mol. The molecule has 0 unspecified atom stereocenters. The fraction of sp³-hybridized carbons (Fsp3) is 0.375. The van der Waals surface area contributed by atoms with E-state index in [1.54, 1.807) is 6.20 Å². The molecule has 0 aliphatic heterocycles. The van der Waals surface area contributed by atoms with E-state index >= 15 is 0 Å². The lowest BCUT2D eigenvalue weighted by atomic mass is 10.3. The second kappa shape index (κ2) is 7.59. The van der Waals surface area contributed by atoms with Gasteiger partial charge in [0, 0.05) is 25.5 Å². The van der Waals surface area contributed by atoms with Crippen LogP contribution in [0.2, 0.25) is 0 Å². The van der Waals surface area contributed by atoms with E-state index in [4.69, 9.17) is 0 Å². The molecule has 0 aliphatic carbocycles. The summed E-state index contributed by atoms with van der Waals surface area (Å²) in [5.41, 5.74) is 1.07. The Labute approximate surface area is 126 Å². The zero-order valence-electron chi connectivity index (χ0n) is 13.0. The maximum Gasteiger partial charge on any atom is 0.231 e. The molecular formula is C16H23N5. The lowest BCUT2D eigenvalue weighted by Crippen LogP contribution is -2.17. The zero-order valence-corrected chi connectivity index (χ0v) is 13.0. The molecule has 0 spiro atoms. The van der Waals surface area contributed by atoms with Crippen LogP contribution >= 0.6 is 0 Å². The van der Waals surface area contributed by atoms with Crippen molar-refractivity contribution in [2.24, 2.45) is 0 Å². The molecule has 1 aromatic heterocycles. The summed E-state index contributed by atoms with van der Waals surface area (Å²) < 4.78 is 0. The first kappa shape index (κ1) is 15.3. The van der Waals surface area contributed by atoms with Crippen LogP contribution in [0, 0.1) is 0 Å². The van der Waals surface area contributed by atoms with Crippen LogP contribution < -0.4 is 10.2 Å². The summed E-state index contributed by atoms with van der Waals surface area (Å²) >= 11 is 0. The molecule has 0 radical (unpaired) electrons. The van der Waals surface area contributed by atoms with Crippen LogP contribution in [-0.2, 0) is 0 Å². The average molecular weight is 285 g/mol. The van der Waals surface area contributed by atoms with Crippen molar-refractivity contribution in [1.82, 2.24) is 14.9 Å². The van der Waals surface area contributed by atoms with Gasteiger partial charge in [-0.2, -0.15) is 4.98 Å². The largest absolute Gasteiger partial charge is 0.370 e. The summed E-state index contributed by atoms with van der Waals surface area (Å²) in [6.45, 7) is 1.97. The van der Waals surface area contributed by atoms with Crippen molar-refractivity contribution in [3.63, 3.8) is 0 Å². The minimum Gasteiger partial charge on any atom is -0.370 e. The smallest absolute Gasteiger partial charge is 0.231 e. The van der Waals surface area contributed by atoms with Crippen molar-refractivity contribution < 1.29 is 0 Å². The molecule has 2 aromatic rings. The van der Waals surface area contributed by atoms with E-state index < -0.39 is 0 Å². The molecule has 0 amide bonds. The van der Waals surface area contributed by atoms with Crippen molar-refractivity contribution >= 4 is 17.5 Å². The van der Waals surface area contributed by atoms with Gasteiger partial charge in [-0.3, -0.25) is 0 Å². The molecule has 0 aliphatic rings. The van der Waals surface area contributed by atoms with Gasteiger partial charge in [-0.1, -0.05) is 18.2 Å². The molecule has 0 saturated heterocycles. The minimum atomic E-state index is 0.693. The summed E-state index contributed by atoms with van der Waals surface area (Å²) in [6, 6.07) is 12.0. The van der Waals surface area contributed by atoms with Crippen LogP contribution in [0.1, 0.15) is 6.42 Å². The van der Waals surface area contributed by atoms with E-state index in [2.05, 4.69) is 34.3 Å². The normalized spacial score (nSPS) is 10.7. The Balaban J connectivity index is 1.97. The maximum atomic E-state index is 4.56. The molecule has 0 saturated carbocycles. The average Bonchev–Trinajstić information content (AvgIpc) is 2.52. The van der Waals surface area contributed by atoms with Gasteiger partial charge < -0.3 is 15.1 Å². The van der Waals surface area contributed by atoms with E-state index in [0.29, 0.717) is 5.95 Å². The Morgan fingerprint density at radius 1 is 1.05 bits per heavy atom. The second-order valence-electron chi connectivity index (χ2n) is 5.22. The maximum absolute atomic E-state index is 4.56. The highest BCUT2D eigenvalue weighted by molar-refractivity contribution is 5.57. The molecule has 112 valence electrons. The summed E-state index contributed by atoms with van der Waals surface area (Å²) in [6.07, 6.45) is 2.87. The highest BCUT2D eigenvalue weighted by atomic mass is 15.2. The predicted octanol–water partition coefficient (Wildman–Crippen LogP) is 2.61. The molecule has 1 heterocycles. The Kier molecular flexibility index (Phi) is 5.51. The van der Waals surface area contributed by atoms with Crippen LogP contribution in [0.3, 0.4) is 0 Å². The van der Waals surface area contributed by atoms with E-state index in [9.17, 15) is 0 Å². The number of nitrogens with zero attached hydrogens (tertiary/aromatic N) is 4. The summed E-state index contributed by atoms with van der Waals surface area (Å²) in [7, 11) is 6.13. The van der Waals surface area contributed by atoms with Crippen molar-refractivity contribution in [1.29, 1.82) is 0 Å². The van der Waals surface area contributed by atoms with Gasteiger partial charge in [0.25, 0.3) is 0 Å². The fourth-order valence-corrected chi connectivity index (χ4v) is 1.99. The Hall–Kier alpha value is -2.14. The van der Waals surface area contributed by atoms with E-state index in [-0.39, 0.29) is 0 Å². The second-order valence-corrected chi connectivity index (χ2v) is 5.22. The molecule has 5 heteroatoms. The minimum absolute atomic E-state index is 0.693. The van der Waals surface area contributed by atoms with Crippen LogP contribution in [0.25, 0.3) is 0 Å². The standard InChI is InChI=1S/C16H23N5/c1-20(2)13-7-11-17-15-10-12-18-16(19-15)21(3)14-8-5-4-6-9-14/h4-6,8-10,12H,7,11,13H2,1-3H3,(H,17,18,19). The van der Waals surface area contributed by atoms with Crippen LogP contribution in [0.4, 0.5) is 17.5 Å². The van der Waals surface area contributed by atoms with E-state index in [1.807, 2.05) is 48.3 Å². The quantitative estimate of drug-likeness (QED) is 0.792. The fourth-order valence-electron chi connectivity index (χ4n) is 1.99. The van der Waals surface area contributed by atoms with E-state index in [0.717, 1.165) is 31.0 Å². The SMILES string of the molecule is CN(C)CCCNc1ccnc(N(C)c2ccccc2)n1. The zero-order chi connectivity index (χ0) is 15.1. The highest BCUT2D eigenvalue weighted by Crippen LogP contribution is 2.19. The third kappa shape index (κ3) is 4.72. The third-order valence-corrected chi connectivity index (χ3v) is 3.17. The van der Waals surface area contributed by atoms with Gasteiger partial charge in [0.1, 0.15) is 5.82 Å². The van der Waals surface area contributed by atoms with Gasteiger partial charge in [-0.25, -0.2) is 4.98 Å². The summed E-state index contributed by atoms with van der Waals surface area (Å²) in [5.74, 6) is 1.56. The van der Waals surface area contributed by atoms with Crippen LogP contribution in [0.5, 0.6) is 0 Å².